The van der Waals surface area contributed by atoms with Crippen LogP contribution in [-0.2, 0) is 15.0 Å². The second-order valence-electron chi connectivity index (χ2n) is 11.1. The Kier molecular flexibility index (Phi) is 6.57. The van der Waals surface area contributed by atoms with Crippen molar-refractivity contribution in [3.8, 4) is 0 Å². The zero-order valence-electron chi connectivity index (χ0n) is 21.9. The molecular weight excluding hydrogens is 463 g/mol. The number of aliphatic imine (C=N–C) groups is 1. The van der Waals surface area contributed by atoms with Gasteiger partial charge in [0.05, 0.1) is 23.3 Å². The zero-order valence-corrected chi connectivity index (χ0v) is 21.9. The molecule has 0 saturated heterocycles. The standard InChI is InChI=1S/C32H33FN2O2/c1-5-29(37)35-27-9-7-6-8-25(27)34-26-18-22(20-10-14-23(15-11-20)32(2,3)4)19-28(36)30(26)31(35)21-12-16-24(33)17-13-21/h6-17,22,30-31H,5,18-19H2,1-4H3. The smallest absolute Gasteiger partial charge is 0.227 e. The molecule has 3 aromatic rings. The number of carbonyl (C=O) groups is 2. The summed E-state index contributed by atoms with van der Waals surface area (Å²) >= 11 is 0. The second kappa shape index (κ2) is 9.70. The largest absolute Gasteiger partial charge is 0.302 e. The van der Waals surface area contributed by atoms with Crippen LogP contribution in [0.5, 0.6) is 0 Å². The van der Waals surface area contributed by atoms with Gasteiger partial charge in [-0.25, -0.2) is 4.39 Å². The van der Waals surface area contributed by atoms with Crippen LogP contribution in [0.2, 0.25) is 0 Å². The van der Waals surface area contributed by atoms with Gasteiger partial charge in [0.1, 0.15) is 11.6 Å². The van der Waals surface area contributed by atoms with Crippen LogP contribution in [0.3, 0.4) is 0 Å². The number of nitrogens with zero attached hydrogens (tertiary/aromatic N) is 2. The van der Waals surface area contributed by atoms with Gasteiger partial charge >= 0.3 is 0 Å². The highest BCUT2D eigenvalue weighted by molar-refractivity contribution is 6.13. The molecule has 190 valence electrons. The Labute approximate surface area is 218 Å². The molecule has 0 spiro atoms. The number of hydrogen-bond acceptors (Lipinski definition) is 3. The minimum Gasteiger partial charge on any atom is -0.302 e. The van der Waals surface area contributed by atoms with Crippen molar-refractivity contribution < 1.29 is 14.0 Å². The summed E-state index contributed by atoms with van der Waals surface area (Å²) < 4.78 is 13.9. The molecule has 1 aliphatic heterocycles. The first-order valence-electron chi connectivity index (χ1n) is 13.0. The summed E-state index contributed by atoms with van der Waals surface area (Å²) in [4.78, 5) is 34.1. The normalized spacial score (nSPS) is 21.5. The first-order chi connectivity index (χ1) is 17.7. The predicted molar refractivity (Wildman–Crippen MR) is 146 cm³/mol. The van der Waals surface area contributed by atoms with E-state index in [9.17, 15) is 14.0 Å². The molecule has 0 radical (unpaired) electrons. The van der Waals surface area contributed by atoms with Crippen LogP contribution in [0.25, 0.3) is 0 Å². The van der Waals surface area contributed by atoms with Gasteiger partial charge < -0.3 is 4.90 Å². The fraction of sp³-hybridized carbons (Fsp3) is 0.344. The number of halogens is 1. The third-order valence-corrected chi connectivity index (χ3v) is 7.64. The Morgan fingerprint density at radius 3 is 2.24 bits per heavy atom. The molecule has 1 saturated carbocycles. The van der Waals surface area contributed by atoms with E-state index in [1.165, 1.54) is 17.7 Å². The number of rotatable bonds is 3. The monoisotopic (exact) mass is 496 g/mol. The van der Waals surface area contributed by atoms with Gasteiger partial charge in [-0.1, -0.05) is 76.2 Å². The molecule has 1 heterocycles. The summed E-state index contributed by atoms with van der Waals surface area (Å²) in [5.74, 6) is -0.949. The average Bonchev–Trinajstić information content (AvgIpc) is 3.03. The third-order valence-electron chi connectivity index (χ3n) is 7.64. The van der Waals surface area contributed by atoms with Crippen LogP contribution in [0.15, 0.2) is 77.8 Å². The molecule has 37 heavy (non-hydrogen) atoms. The van der Waals surface area contributed by atoms with Gasteiger partial charge in [-0.15, -0.1) is 0 Å². The number of fused-ring (bicyclic) bond motifs is 2. The molecule has 3 unspecified atom stereocenters. The Balaban J connectivity index is 1.61. The van der Waals surface area contributed by atoms with Gasteiger partial charge in [0.15, 0.2) is 0 Å². The van der Waals surface area contributed by atoms with E-state index in [2.05, 4.69) is 45.0 Å². The lowest BCUT2D eigenvalue weighted by atomic mass is 9.71. The second-order valence-corrected chi connectivity index (χ2v) is 11.1. The molecule has 1 amide bonds. The maximum Gasteiger partial charge on any atom is 0.227 e. The number of amides is 1. The van der Waals surface area contributed by atoms with E-state index in [4.69, 9.17) is 4.99 Å². The van der Waals surface area contributed by atoms with Crippen molar-refractivity contribution in [2.75, 3.05) is 4.90 Å². The number of ketones is 1. The summed E-state index contributed by atoms with van der Waals surface area (Å²) in [5.41, 5.74) is 5.32. The molecule has 0 aromatic heterocycles. The fourth-order valence-electron chi connectivity index (χ4n) is 5.65. The Bertz CT molecular complexity index is 1350. The van der Waals surface area contributed by atoms with Crippen molar-refractivity contribution in [3.63, 3.8) is 0 Å². The van der Waals surface area contributed by atoms with Crippen molar-refractivity contribution in [2.45, 2.75) is 64.3 Å². The van der Waals surface area contributed by atoms with Crippen LogP contribution in [0.1, 0.15) is 75.6 Å². The van der Waals surface area contributed by atoms with Gasteiger partial charge in [0.2, 0.25) is 5.91 Å². The summed E-state index contributed by atoms with van der Waals surface area (Å²) in [5, 5.41) is 0. The lowest BCUT2D eigenvalue weighted by Crippen LogP contribution is -2.45. The molecule has 0 N–H and O–H groups in total. The van der Waals surface area contributed by atoms with Crippen molar-refractivity contribution in [1.82, 2.24) is 0 Å². The first-order valence-corrected chi connectivity index (χ1v) is 13.0. The molecule has 1 fully saturated rings. The van der Waals surface area contributed by atoms with E-state index in [1.807, 2.05) is 31.2 Å². The van der Waals surface area contributed by atoms with E-state index in [0.29, 0.717) is 24.2 Å². The molecule has 1 aliphatic carbocycles. The van der Waals surface area contributed by atoms with Gasteiger partial charge in [-0.3, -0.25) is 14.6 Å². The van der Waals surface area contributed by atoms with Crippen LogP contribution in [0.4, 0.5) is 15.8 Å². The molecular formula is C32H33FN2O2. The Morgan fingerprint density at radius 2 is 1.59 bits per heavy atom. The Hall–Kier alpha value is -3.60. The van der Waals surface area contributed by atoms with E-state index >= 15 is 0 Å². The molecule has 2 aliphatic rings. The maximum absolute atomic E-state index is 14.0. The summed E-state index contributed by atoms with van der Waals surface area (Å²) in [7, 11) is 0. The van der Waals surface area contributed by atoms with Crippen molar-refractivity contribution in [1.29, 1.82) is 0 Å². The number of para-hydroxylation sites is 2. The highest BCUT2D eigenvalue weighted by Gasteiger charge is 2.45. The molecule has 4 nitrogen and oxygen atoms in total. The molecule has 3 atom stereocenters. The number of Topliss-reactive ketones (excluding diaryl/α,β-unsaturated/α-hetero) is 1. The van der Waals surface area contributed by atoms with Crippen molar-refractivity contribution in [3.05, 3.63) is 95.3 Å². The van der Waals surface area contributed by atoms with Crippen LogP contribution in [-0.4, -0.2) is 17.4 Å². The molecule has 5 rings (SSSR count). The van der Waals surface area contributed by atoms with E-state index < -0.39 is 12.0 Å². The van der Waals surface area contributed by atoms with Crippen LogP contribution < -0.4 is 4.90 Å². The number of carbonyl (C=O) groups excluding carboxylic acids is 2. The SMILES string of the molecule is CCC(=O)N1c2ccccc2N=C2CC(c3ccc(C(C)(C)C)cc3)CC(=O)C2C1c1ccc(F)cc1. The minimum absolute atomic E-state index is 0.0194. The van der Waals surface area contributed by atoms with Crippen LogP contribution >= 0.6 is 0 Å². The van der Waals surface area contributed by atoms with Gasteiger partial charge in [-0.2, -0.15) is 0 Å². The fourth-order valence-corrected chi connectivity index (χ4v) is 5.65. The van der Waals surface area contributed by atoms with Gasteiger partial charge in [0, 0.05) is 18.6 Å². The molecule has 0 bridgehead atoms. The molecule has 5 heteroatoms. The predicted octanol–water partition coefficient (Wildman–Crippen LogP) is 7.46. The quantitative estimate of drug-likeness (QED) is 0.378. The average molecular weight is 497 g/mol. The topological polar surface area (TPSA) is 49.7 Å². The van der Waals surface area contributed by atoms with Gasteiger partial charge in [-0.05, 0) is 58.7 Å². The van der Waals surface area contributed by atoms with E-state index in [1.54, 1.807) is 17.0 Å². The maximum atomic E-state index is 14.0. The summed E-state index contributed by atoms with van der Waals surface area (Å²) in [6.45, 7) is 8.38. The highest BCUT2D eigenvalue weighted by atomic mass is 19.1. The lowest BCUT2D eigenvalue weighted by Gasteiger charge is -2.39. The minimum atomic E-state index is -0.585. The third kappa shape index (κ3) is 4.75. The van der Waals surface area contributed by atoms with Crippen molar-refractivity contribution >= 4 is 28.8 Å². The number of benzene rings is 3. The molecule has 3 aromatic carbocycles. The van der Waals surface area contributed by atoms with E-state index in [0.717, 1.165) is 16.8 Å². The zero-order chi connectivity index (χ0) is 26.3. The number of anilines is 1. The number of hydrogen-bond donors (Lipinski definition) is 0. The highest BCUT2D eigenvalue weighted by Crippen LogP contribution is 2.47. The Morgan fingerprint density at radius 1 is 0.946 bits per heavy atom. The lowest BCUT2D eigenvalue weighted by molar-refractivity contribution is -0.123. The summed E-state index contributed by atoms with van der Waals surface area (Å²) in [6.07, 6.45) is 1.29. The van der Waals surface area contributed by atoms with E-state index in [-0.39, 0.29) is 35.3 Å². The van der Waals surface area contributed by atoms with Crippen LogP contribution in [0, 0.1) is 11.7 Å². The first kappa shape index (κ1) is 25.1. The van der Waals surface area contributed by atoms with Crippen molar-refractivity contribution in [2.24, 2.45) is 10.9 Å². The summed E-state index contributed by atoms with van der Waals surface area (Å²) in [6, 6.07) is 21.7. The van der Waals surface area contributed by atoms with Gasteiger partial charge in [0.25, 0.3) is 0 Å².